The Labute approximate surface area is 151 Å². The van der Waals surface area contributed by atoms with E-state index >= 15 is 0 Å². The van der Waals surface area contributed by atoms with E-state index in [4.69, 9.17) is 10.5 Å². The Morgan fingerprint density at radius 1 is 1.33 bits per heavy atom. The molecule has 24 heavy (non-hydrogen) atoms. The van der Waals surface area contributed by atoms with Crippen LogP contribution in [0, 0.1) is 3.57 Å². The molecule has 0 aliphatic carbocycles. The summed E-state index contributed by atoms with van der Waals surface area (Å²) in [7, 11) is 1.22. The number of pyridine rings is 2. The Hall–Kier alpha value is -2.42. The quantitative estimate of drug-likeness (QED) is 0.505. The van der Waals surface area contributed by atoms with Crippen LogP contribution < -0.4 is 11.3 Å². The molecule has 0 aliphatic rings. The molecule has 0 aliphatic heterocycles. The zero-order valence-electron chi connectivity index (χ0n) is 12.8. The molecule has 3 aromatic rings. The monoisotopic (exact) mass is 435 g/mol. The van der Waals surface area contributed by atoms with Gasteiger partial charge in [0.1, 0.15) is 5.56 Å². The van der Waals surface area contributed by atoms with Crippen LogP contribution in [0.1, 0.15) is 16.1 Å². The molecule has 1 aromatic carbocycles. The number of esters is 1. The van der Waals surface area contributed by atoms with Gasteiger partial charge in [-0.25, -0.2) is 4.79 Å². The van der Waals surface area contributed by atoms with E-state index in [0.29, 0.717) is 16.6 Å². The zero-order valence-corrected chi connectivity index (χ0v) is 15.0. The average molecular weight is 435 g/mol. The van der Waals surface area contributed by atoms with E-state index in [-0.39, 0.29) is 17.8 Å². The van der Waals surface area contributed by atoms with Crippen molar-refractivity contribution in [2.75, 3.05) is 12.8 Å². The Balaban J connectivity index is 2.34. The van der Waals surface area contributed by atoms with Gasteiger partial charge in [-0.05, 0) is 52.9 Å². The lowest BCUT2D eigenvalue weighted by Crippen LogP contribution is -2.29. The summed E-state index contributed by atoms with van der Waals surface area (Å²) in [6.07, 6.45) is 1.66. The molecule has 0 saturated heterocycles. The second kappa shape index (κ2) is 6.60. The van der Waals surface area contributed by atoms with E-state index in [2.05, 4.69) is 27.6 Å². The number of nitrogens with two attached hydrogens (primary N) is 1. The van der Waals surface area contributed by atoms with Gasteiger partial charge >= 0.3 is 5.97 Å². The predicted molar refractivity (Wildman–Crippen MR) is 100 cm³/mol. The second-order valence-electron chi connectivity index (χ2n) is 5.15. The lowest BCUT2D eigenvalue weighted by Gasteiger charge is -2.15. The number of carbonyl (C=O) groups is 1. The summed E-state index contributed by atoms with van der Waals surface area (Å²) in [5, 5.41) is 0.631. The highest BCUT2D eigenvalue weighted by Gasteiger charge is 2.21. The Kier molecular flexibility index (Phi) is 4.52. The molecular weight excluding hydrogens is 421 g/mol. The van der Waals surface area contributed by atoms with Crippen molar-refractivity contribution in [1.82, 2.24) is 9.55 Å². The van der Waals surface area contributed by atoms with Crippen LogP contribution in [0.25, 0.3) is 10.9 Å². The smallest absolute Gasteiger partial charge is 0.345 e. The average Bonchev–Trinajstić information content (AvgIpc) is 2.59. The number of halogens is 1. The fourth-order valence-electron chi connectivity index (χ4n) is 2.56. The van der Waals surface area contributed by atoms with E-state index in [0.717, 1.165) is 3.57 Å². The third-order valence-corrected chi connectivity index (χ3v) is 4.38. The molecule has 122 valence electrons. The van der Waals surface area contributed by atoms with Crippen molar-refractivity contribution in [2.45, 2.75) is 6.54 Å². The highest BCUT2D eigenvalue weighted by molar-refractivity contribution is 14.1. The van der Waals surface area contributed by atoms with Gasteiger partial charge in [-0.3, -0.25) is 9.78 Å². The third-order valence-electron chi connectivity index (χ3n) is 3.70. The minimum atomic E-state index is -0.743. The fraction of sp³-hybridized carbons (Fsp3) is 0.118. The van der Waals surface area contributed by atoms with Gasteiger partial charge in [-0.1, -0.05) is 6.07 Å². The lowest BCUT2D eigenvalue weighted by atomic mass is 10.1. The number of anilines is 1. The molecule has 0 bridgehead atoms. The van der Waals surface area contributed by atoms with Crippen molar-refractivity contribution in [3.05, 3.63) is 67.8 Å². The topological polar surface area (TPSA) is 87.2 Å². The van der Waals surface area contributed by atoms with Gasteiger partial charge in [-0.2, -0.15) is 0 Å². The van der Waals surface area contributed by atoms with Crippen LogP contribution in [0.5, 0.6) is 0 Å². The molecule has 2 N–H and O–H groups in total. The van der Waals surface area contributed by atoms with Gasteiger partial charge < -0.3 is 15.0 Å². The van der Waals surface area contributed by atoms with Gasteiger partial charge in [-0.15, -0.1) is 0 Å². The number of hydrogen-bond acceptors (Lipinski definition) is 5. The normalized spacial score (nSPS) is 10.8. The summed E-state index contributed by atoms with van der Waals surface area (Å²) in [4.78, 5) is 29.2. The molecule has 6 nitrogen and oxygen atoms in total. The summed E-state index contributed by atoms with van der Waals surface area (Å²) in [5.74, 6) is -0.743. The van der Waals surface area contributed by atoms with Crippen molar-refractivity contribution in [3.63, 3.8) is 0 Å². The SMILES string of the molecule is COC(=O)c1c(N)c2ccc(I)cc2n(Cc2ccccn2)c1=O. The minimum absolute atomic E-state index is 0.135. The number of nitrogens with zero attached hydrogens (tertiary/aromatic N) is 2. The van der Waals surface area contributed by atoms with E-state index < -0.39 is 11.5 Å². The number of carbonyl (C=O) groups excluding carboxylic acids is 1. The first kappa shape index (κ1) is 16.4. The summed E-state index contributed by atoms with van der Waals surface area (Å²) < 4.78 is 7.19. The standard InChI is InChI=1S/C17H14IN3O3/c1-24-17(23)14-15(19)12-6-5-10(18)8-13(12)21(16(14)22)9-11-4-2-3-7-20-11/h2-8H,9,19H2,1H3. The number of benzene rings is 1. The maximum atomic E-state index is 12.9. The van der Waals surface area contributed by atoms with Gasteiger partial charge in [0.25, 0.3) is 5.56 Å². The largest absolute Gasteiger partial charge is 0.465 e. The molecule has 7 heteroatoms. The Morgan fingerprint density at radius 3 is 2.79 bits per heavy atom. The van der Waals surface area contributed by atoms with Crippen LogP contribution >= 0.6 is 22.6 Å². The van der Waals surface area contributed by atoms with Gasteiger partial charge in [0.05, 0.1) is 30.6 Å². The van der Waals surface area contributed by atoms with Crippen LogP contribution in [0.15, 0.2) is 47.4 Å². The second-order valence-corrected chi connectivity index (χ2v) is 6.40. The van der Waals surface area contributed by atoms with Gasteiger partial charge in [0, 0.05) is 15.2 Å². The van der Waals surface area contributed by atoms with Crippen molar-refractivity contribution >= 4 is 45.2 Å². The number of hydrogen-bond donors (Lipinski definition) is 1. The maximum Gasteiger partial charge on any atom is 0.345 e. The van der Waals surface area contributed by atoms with Crippen molar-refractivity contribution in [2.24, 2.45) is 0 Å². The maximum absolute atomic E-state index is 12.9. The summed E-state index contributed by atoms with van der Waals surface area (Å²) >= 11 is 2.17. The number of methoxy groups -OCH3 is 1. The van der Waals surface area contributed by atoms with Gasteiger partial charge in [0.15, 0.2) is 0 Å². The van der Waals surface area contributed by atoms with E-state index in [1.807, 2.05) is 24.3 Å². The molecular formula is C17H14IN3O3. The first-order valence-electron chi connectivity index (χ1n) is 7.12. The minimum Gasteiger partial charge on any atom is -0.465 e. The molecule has 0 fully saturated rings. The number of fused-ring (bicyclic) bond motifs is 1. The summed E-state index contributed by atoms with van der Waals surface area (Å²) in [5.41, 5.74) is 6.94. The number of nitrogen functional groups attached to an aromatic ring is 1. The highest BCUT2D eigenvalue weighted by atomic mass is 127. The third kappa shape index (κ3) is 2.86. The van der Waals surface area contributed by atoms with Crippen molar-refractivity contribution in [1.29, 1.82) is 0 Å². The van der Waals surface area contributed by atoms with Crippen LogP contribution in [-0.4, -0.2) is 22.6 Å². The van der Waals surface area contributed by atoms with Crippen LogP contribution in [0.4, 0.5) is 5.69 Å². The first-order valence-corrected chi connectivity index (χ1v) is 8.20. The molecule has 2 heterocycles. The molecule has 0 spiro atoms. The van der Waals surface area contributed by atoms with E-state index in [9.17, 15) is 9.59 Å². The van der Waals surface area contributed by atoms with Crippen LogP contribution in [0.3, 0.4) is 0 Å². The Bertz CT molecular complexity index is 984. The number of aromatic nitrogens is 2. The molecule has 0 amide bonds. The Morgan fingerprint density at radius 2 is 2.12 bits per heavy atom. The van der Waals surface area contributed by atoms with Crippen LogP contribution in [0.2, 0.25) is 0 Å². The molecule has 0 saturated carbocycles. The number of rotatable bonds is 3. The molecule has 0 atom stereocenters. The molecule has 0 radical (unpaired) electrons. The van der Waals surface area contributed by atoms with Crippen LogP contribution in [-0.2, 0) is 11.3 Å². The molecule has 3 rings (SSSR count). The summed E-state index contributed by atoms with van der Waals surface area (Å²) in [6.45, 7) is 0.237. The number of ether oxygens (including phenoxy) is 1. The molecule has 2 aromatic heterocycles. The van der Waals surface area contributed by atoms with Crippen molar-refractivity contribution < 1.29 is 9.53 Å². The summed E-state index contributed by atoms with van der Waals surface area (Å²) in [6, 6.07) is 11.0. The zero-order chi connectivity index (χ0) is 17.3. The van der Waals surface area contributed by atoms with Gasteiger partial charge in [0.2, 0.25) is 0 Å². The predicted octanol–water partition coefficient (Wildman–Crippen LogP) is 2.42. The first-order chi connectivity index (χ1) is 11.5. The fourth-order valence-corrected chi connectivity index (χ4v) is 3.03. The van der Waals surface area contributed by atoms with E-state index in [1.54, 1.807) is 18.3 Å². The highest BCUT2D eigenvalue weighted by Crippen LogP contribution is 2.25. The lowest BCUT2D eigenvalue weighted by molar-refractivity contribution is 0.0599. The van der Waals surface area contributed by atoms with Crippen molar-refractivity contribution in [3.8, 4) is 0 Å². The molecule has 0 unspecified atom stereocenters. The van der Waals surface area contributed by atoms with E-state index in [1.165, 1.54) is 11.7 Å².